The van der Waals surface area contributed by atoms with Gasteiger partial charge in [0.1, 0.15) is 6.61 Å². The summed E-state index contributed by atoms with van der Waals surface area (Å²) < 4.78 is 25.6. The molecule has 100 valence electrons. The number of alkyl halides is 2. The Bertz CT molecular complexity index is 530. The first-order valence-electron chi connectivity index (χ1n) is 4.92. The van der Waals surface area contributed by atoms with Gasteiger partial charge >= 0.3 is 0 Å². The lowest BCUT2D eigenvalue weighted by molar-refractivity contribution is -0.121. The van der Waals surface area contributed by atoms with E-state index in [-0.39, 0.29) is 17.5 Å². The molecular formula is C10H8F2N4O3. The van der Waals surface area contributed by atoms with Crippen LogP contribution in [0.25, 0.3) is 10.4 Å². The second-order valence-electron chi connectivity index (χ2n) is 3.19. The Balaban J connectivity index is 3.20. The molecule has 0 aliphatic rings. The van der Waals surface area contributed by atoms with Crippen molar-refractivity contribution < 1.29 is 23.2 Å². The van der Waals surface area contributed by atoms with Gasteiger partial charge in [-0.05, 0) is 10.6 Å². The second kappa shape index (κ2) is 7.04. The zero-order chi connectivity index (χ0) is 14.3. The molecule has 0 saturated carbocycles. The van der Waals surface area contributed by atoms with Crippen LogP contribution in [0.4, 0.5) is 8.78 Å². The molecule has 2 amide bonds. The summed E-state index contributed by atoms with van der Waals surface area (Å²) in [4.78, 5) is 28.4. The van der Waals surface area contributed by atoms with Crippen molar-refractivity contribution in [1.29, 1.82) is 0 Å². The molecule has 1 N–H and O–H groups in total. The SMILES string of the molecule is [N-]=[N+]=NC(=O)c1cccc(C(F)F)c1CONC=O. The summed E-state index contributed by atoms with van der Waals surface area (Å²) in [5.41, 5.74) is 9.21. The highest BCUT2D eigenvalue weighted by molar-refractivity contribution is 5.96. The lowest BCUT2D eigenvalue weighted by Crippen LogP contribution is -2.14. The van der Waals surface area contributed by atoms with Crippen molar-refractivity contribution in [3.63, 3.8) is 0 Å². The number of hydrogen-bond donors (Lipinski definition) is 1. The third-order valence-corrected chi connectivity index (χ3v) is 2.16. The van der Waals surface area contributed by atoms with E-state index in [1.165, 1.54) is 12.1 Å². The number of rotatable bonds is 6. The molecule has 0 atom stereocenters. The minimum atomic E-state index is -2.84. The molecule has 1 rings (SSSR count). The molecule has 0 unspecified atom stereocenters. The van der Waals surface area contributed by atoms with Crippen molar-refractivity contribution in [2.75, 3.05) is 0 Å². The van der Waals surface area contributed by atoms with Crippen LogP contribution >= 0.6 is 0 Å². The normalized spacial score (nSPS) is 9.84. The highest BCUT2D eigenvalue weighted by atomic mass is 19.3. The number of halogens is 2. The molecule has 1 aromatic rings. The largest absolute Gasteiger partial charge is 0.287 e. The van der Waals surface area contributed by atoms with Crippen molar-refractivity contribution in [3.05, 3.63) is 45.3 Å². The lowest BCUT2D eigenvalue weighted by atomic mass is 10.0. The highest BCUT2D eigenvalue weighted by Crippen LogP contribution is 2.26. The Hall–Kier alpha value is -2.51. The number of carbonyl (C=O) groups excluding carboxylic acids is 2. The average molecular weight is 270 g/mol. The Morgan fingerprint density at radius 1 is 1.58 bits per heavy atom. The Labute approximate surface area is 105 Å². The van der Waals surface area contributed by atoms with Crippen molar-refractivity contribution in [2.24, 2.45) is 5.11 Å². The van der Waals surface area contributed by atoms with E-state index in [4.69, 9.17) is 5.53 Å². The predicted molar refractivity (Wildman–Crippen MR) is 58.9 cm³/mol. The fourth-order valence-electron chi connectivity index (χ4n) is 1.41. The quantitative estimate of drug-likeness (QED) is 0.214. The van der Waals surface area contributed by atoms with Crippen LogP contribution in [0.15, 0.2) is 23.3 Å². The van der Waals surface area contributed by atoms with E-state index in [1.807, 2.05) is 5.48 Å². The second-order valence-corrected chi connectivity index (χ2v) is 3.19. The molecule has 7 nitrogen and oxygen atoms in total. The maximum atomic E-state index is 12.8. The third-order valence-electron chi connectivity index (χ3n) is 2.16. The van der Waals surface area contributed by atoms with Gasteiger partial charge < -0.3 is 0 Å². The average Bonchev–Trinajstić information content (AvgIpc) is 2.39. The van der Waals surface area contributed by atoms with Crippen LogP contribution in [0.3, 0.4) is 0 Å². The van der Waals surface area contributed by atoms with Crippen LogP contribution in [-0.2, 0) is 16.2 Å². The standard InChI is InChI=1S/C10H8F2N4O3/c11-9(12)6-2-1-3-7(10(18)15-16-13)8(6)4-19-14-5-17/h1-3,5,9H,4H2,(H,14,17). The summed E-state index contributed by atoms with van der Waals surface area (Å²) >= 11 is 0. The minimum absolute atomic E-state index is 0.149. The molecule has 0 heterocycles. The zero-order valence-corrected chi connectivity index (χ0v) is 9.42. The van der Waals surface area contributed by atoms with Gasteiger partial charge in [0.2, 0.25) is 12.3 Å². The monoisotopic (exact) mass is 270 g/mol. The van der Waals surface area contributed by atoms with Gasteiger partial charge in [0, 0.05) is 21.6 Å². The molecule has 0 radical (unpaired) electrons. The van der Waals surface area contributed by atoms with Crippen LogP contribution in [0.2, 0.25) is 0 Å². The maximum Gasteiger partial charge on any atom is 0.264 e. The van der Waals surface area contributed by atoms with E-state index in [9.17, 15) is 18.4 Å². The van der Waals surface area contributed by atoms with Crippen LogP contribution in [-0.4, -0.2) is 12.3 Å². The highest BCUT2D eigenvalue weighted by Gasteiger charge is 2.19. The van der Waals surface area contributed by atoms with Gasteiger partial charge in [-0.1, -0.05) is 18.2 Å². The number of hydrogen-bond acceptors (Lipinski definition) is 3. The summed E-state index contributed by atoms with van der Waals surface area (Å²) in [6.07, 6.45) is -2.63. The van der Waals surface area contributed by atoms with Gasteiger partial charge in [-0.2, -0.15) is 0 Å². The molecule has 0 aliphatic heterocycles. The minimum Gasteiger partial charge on any atom is -0.287 e. The number of hydroxylamine groups is 1. The Morgan fingerprint density at radius 3 is 2.89 bits per heavy atom. The van der Waals surface area contributed by atoms with E-state index in [1.54, 1.807) is 0 Å². The van der Waals surface area contributed by atoms with Crippen LogP contribution in [0.5, 0.6) is 0 Å². The molecule has 9 heteroatoms. The van der Waals surface area contributed by atoms with Crippen molar-refractivity contribution in [1.82, 2.24) is 5.48 Å². The summed E-state index contributed by atoms with van der Waals surface area (Å²) in [5, 5.41) is 2.84. The maximum absolute atomic E-state index is 12.8. The number of carbonyl (C=O) groups is 2. The summed E-state index contributed by atoms with van der Waals surface area (Å²) in [6, 6.07) is 3.57. The third kappa shape index (κ3) is 3.73. The van der Waals surface area contributed by atoms with Crippen molar-refractivity contribution in [2.45, 2.75) is 13.0 Å². The topological polar surface area (TPSA) is 104 Å². The van der Waals surface area contributed by atoms with Gasteiger partial charge in [-0.15, -0.1) is 0 Å². The molecular weight excluding hydrogens is 262 g/mol. The number of nitrogens with zero attached hydrogens (tertiary/aromatic N) is 3. The van der Waals surface area contributed by atoms with Gasteiger partial charge in [0.05, 0.1) is 0 Å². The molecule has 0 fully saturated rings. The van der Waals surface area contributed by atoms with Crippen LogP contribution < -0.4 is 5.48 Å². The fourth-order valence-corrected chi connectivity index (χ4v) is 1.41. The first-order chi connectivity index (χ1) is 9.11. The predicted octanol–water partition coefficient (Wildman–Crippen LogP) is 2.25. The first-order valence-corrected chi connectivity index (χ1v) is 4.92. The molecule has 1 aromatic carbocycles. The van der Waals surface area contributed by atoms with Gasteiger partial charge in [-0.25, -0.2) is 14.3 Å². The summed E-state index contributed by atoms with van der Waals surface area (Å²) in [6.45, 7) is -0.457. The first kappa shape index (κ1) is 14.6. The van der Waals surface area contributed by atoms with Gasteiger partial charge in [0.25, 0.3) is 6.43 Å². The molecule has 0 aliphatic carbocycles. The number of azide groups is 1. The lowest BCUT2D eigenvalue weighted by Gasteiger charge is -2.12. The van der Waals surface area contributed by atoms with Crippen molar-refractivity contribution in [3.8, 4) is 0 Å². The smallest absolute Gasteiger partial charge is 0.264 e. The van der Waals surface area contributed by atoms with E-state index >= 15 is 0 Å². The Kier molecular flexibility index (Phi) is 5.39. The molecule has 0 spiro atoms. The zero-order valence-electron chi connectivity index (χ0n) is 9.42. The van der Waals surface area contributed by atoms with Crippen LogP contribution in [0, 0.1) is 0 Å². The summed E-state index contributed by atoms with van der Waals surface area (Å²) in [7, 11) is 0. The number of benzene rings is 1. The molecule has 0 bridgehead atoms. The van der Waals surface area contributed by atoms with E-state index in [0.29, 0.717) is 0 Å². The Morgan fingerprint density at radius 2 is 2.32 bits per heavy atom. The number of nitrogens with one attached hydrogen (secondary N) is 1. The molecule has 0 aromatic heterocycles. The van der Waals surface area contributed by atoms with E-state index < -0.39 is 24.5 Å². The van der Waals surface area contributed by atoms with E-state index in [0.717, 1.165) is 6.07 Å². The van der Waals surface area contributed by atoms with Crippen LogP contribution in [0.1, 0.15) is 27.9 Å². The van der Waals surface area contributed by atoms with Gasteiger partial charge in [0.15, 0.2) is 0 Å². The fraction of sp³-hybridized carbons (Fsp3) is 0.200. The number of amides is 2. The molecule has 0 saturated heterocycles. The van der Waals surface area contributed by atoms with Crippen molar-refractivity contribution >= 4 is 12.3 Å². The van der Waals surface area contributed by atoms with E-state index in [2.05, 4.69) is 14.9 Å². The van der Waals surface area contributed by atoms with Gasteiger partial charge in [-0.3, -0.25) is 14.4 Å². The summed E-state index contributed by atoms with van der Waals surface area (Å²) in [5.74, 6) is -1.00. The molecule has 19 heavy (non-hydrogen) atoms.